The molecule has 1 aromatic carbocycles. The Labute approximate surface area is 137 Å². The van der Waals surface area contributed by atoms with Crippen LogP contribution in [0.1, 0.15) is 43.5 Å². The molecule has 0 radical (unpaired) electrons. The zero-order valence-corrected chi connectivity index (χ0v) is 14.0. The Morgan fingerprint density at radius 1 is 1.17 bits per heavy atom. The van der Waals surface area contributed by atoms with Gasteiger partial charge < -0.3 is 19.5 Å². The average Bonchev–Trinajstić information content (AvgIpc) is 2.52. The molecular formula is C17H25NO5. The van der Waals surface area contributed by atoms with E-state index in [0.29, 0.717) is 43.2 Å². The Balaban J connectivity index is 2.79. The van der Waals surface area contributed by atoms with Gasteiger partial charge in [-0.25, -0.2) is 0 Å². The van der Waals surface area contributed by atoms with Gasteiger partial charge in [0.1, 0.15) is 0 Å². The molecule has 1 N–H and O–H groups in total. The lowest BCUT2D eigenvalue weighted by atomic mass is 10.1. The second kappa shape index (κ2) is 9.71. The molecule has 1 rings (SSSR count). The largest absolute Gasteiger partial charge is 0.490 e. The normalized spacial score (nSPS) is 10.2. The maximum Gasteiger partial charge on any atom is 0.303 e. The third-order valence-electron chi connectivity index (χ3n) is 3.18. The number of nitrogens with zero attached hydrogens (tertiary/aromatic N) is 1. The third-order valence-corrected chi connectivity index (χ3v) is 3.18. The lowest BCUT2D eigenvalue weighted by Gasteiger charge is -2.18. The molecule has 0 spiro atoms. The van der Waals surface area contributed by atoms with Crippen LogP contribution < -0.4 is 9.47 Å². The van der Waals surface area contributed by atoms with Crippen LogP contribution in [0.5, 0.6) is 11.5 Å². The van der Waals surface area contributed by atoms with E-state index in [4.69, 9.17) is 14.6 Å². The van der Waals surface area contributed by atoms with E-state index in [1.807, 2.05) is 13.8 Å². The van der Waals surface area contributed by atoms with E-state index in [0.717, 1.165) is 6.42 Å². The molecule has 23 heavy (non-hydrogen) atoms. The highest BCUT2D eigenvalue weighted by molar-refractivity contribution is 5.94. The highest BCUT2D eigenvalue weighted by Crippen LogP contribution is 2.29. The molecule has 0 aliphatic carbocycles. The fourth-order valence-corrected chi connectivity index (χ4v) is 2.03. The van der Waals surface area contributed by atoms with Gasteiger partial charge in [0.05, 0.1) is 13.2 Å². The second-order valence-electron chi connectivity index (χ2n) is 5.17. The van der Waals surface area contributed by atoms with Gasteiger partial charge in [-0.15, -0.1) is 0 Å². The van der Waals surface area contributed by atoms with Gasteiger partial charge in [-0.3, -0.25) is 9.59 Å². The van der Waals surface area contributed by atoms with Gasteiger partial charge in [0.25, 0.3) is 5.91 Å². The van der Waals surface area contributed by atoms with Crippen molar-refractivity contribution in [3.05, 3.63) is 23.8 Å². The first-order valence-electron chi connectivity index (χ1n) is 7.86. The quantitative estimate of drug-likeness (QED) is 0.716. The SMILES string of the molecule is CCCOc1ccc(C(=O)N(C)CCCC(=O)O)cc1OCC. The summed E-state index contributed by atoms with van der Waals surface area (Å²) in [6.45, 7) is 5.35. The Kier molecular flexibility index (Phi) is 7.94. The molecule has 0 aliphatic heterocycles. The van der Waals surface area contributed by atoms with E-state index in [1.165, 1.54) is 4.90 Å². The van der Waals surface area contributed by atoms with Crippen LogP contribution in [-0.2, 0) is 4.79 Å². The summed E-state index contributed by atoms with van der Waals surface area (Å²) in [5.74, 6) is 0.143. The van der Waals surface area contributed by atoms with E-state index < -0.39 is 5.97 Å². The summed E-state index contributed by atoms with van der Waals surface area (Å²) in [6, 6.07) is 5.10. The van der Waals surface area contributed by atoms with Crippen LogP contribution >= 0.6 is 0 Å². The van der Waals surface area contributed by atoms with Crippen LogP contribution in [0, 0.1) is 0 Å². The van der Waals surface area contributed by atoms with Crippen molar-refractivity contribution in [2.75, 3.05) is 26.8 Å². The molecule has 1 amide bonds. The fraction of sp³-hybridized carbons (Fsp3) is 0.529. The summed E-state index contributed by atoms with van der Waals surface area (Å²) >= 11 is 0. The standard InChI is InChI=1S/C17H25NO5/c1-4-11-23-14-9-8-13(12-15(14)22-5-2)17(21)18(3)10-6-7-16(19)20/h8-9,12H,4-7,10-11H2,1-3H3,(H,19,20). The number of aliphatic carboxylic acids is 1. The molecule has 0 unspecified atom stereocenters. The molecule has 0 aliphatic rings. The molecule has 0 heterocycles. The van der Waals surface area contributed by atoms with Gasteiger partial charge >= 0.3 is 5.97 Å². The predicted octanol–water partition coefficient (Wildman–Crippen LogP) is 2.81. The number of carboxylic acids is 1. The molecule has 0 bridgehead atoms. The first-order chi connectivity index (χ1) is 11.0. The van der Waals surface area contributed by atoms with Crippen LogP contribution in [0.2, 0.25) is 0 Å². The fourth-order valence-electron chi connectivity index (χ4n) is 2.03. The second-order valence-corrected chi connectivity index (χ2v) is 5.17. The average molecular weight is 323 g/mol. The smallest absolute Gasteiger partial charge is 0.303 e. The first kappa shape index (κ1) is 18.8. The van der Waals surface area contributed by atoms with Crippen LogP contribution in [0.25, 0.3) is 0 Å². The number of hydrogen-bond acceptors (Lipinski definition) is 4. The van der Waals surface area contributed by atoms with Crippen molar-refractivity contribution in [1.82, 2.24) is 4.90 Å². The van der Waals surface area contributed by atoms with Gasteiger partial charge in [-0.05, 0) is 38.0 Å². The van der Waals surface area contributed by atoms with Crippen LogP contribution in [0.4, 0.5) is 0 Å². The highest BCUT2D eigenvalue weighted by Gasteiger charge is 2.15. The lowest BCUT2D eigenvalue weighted by molar-refractivity contribution is -0.137. The monoisotopic (exact) mass is 323 g/mol. The number of carboxylic acid groups (broad SMARTS) is 1. The molecule has 0 fully saturated rings. The number of carbonyl (C=O) groups is 2. The molecule has 6 nitrogen and oxygen atoms in total. The van der Waals surface area contributed by atoms with Crippen molar-refractivity contribution >= 4 is 11.9 Å². The summed E-state index contributed by atoms with van der Waals surface area (Å²) in [5.41, 5.74) is 0.495. The van der Waals surface area contributed by atoms with Crippen molar-refractivity contribution in [2.24, 2.45) is 0 Å². The van der Waals surface area contributed by atoms with Crippen molar-refractivity contribution < 1.29 is 24.2 Å². The minimum Gasteiger partial charge on any atom is -0.490 e. The number of benzene rings is 1. The summed E-state index contributed by atoms with van der Waals surface area (Å²) in [6.07, 6.45) is 1.36. The van der Waals surface area contributed by atoms with Gasteiger partial charge in [-0.2, -0.15) is 0 Å². The van der Waals surface area contributed by atoms with Gasteiger partial charge in [0.2, 0.25) is 0 Å². The molecule has 1 aromatic rings. The van der Waals surface area contributed by atoms with E-state index in [2.05, 4.69) is 0 Å². The number of carbonyl (C=O) groups excluding carboxylic acids is 1. The van der Waals surface area contributed by atoms with Crippen LogP contribution in [0.3, 0.4) is 0 Å². The number of amides is 1. The molecule has 0 atom stereocenters. The number of rotatable bonds is 10. The maximum atomic E-state index is 12.4. The molecular weight excluding hydrogens is 298 g/mol. The first-order valence-corrected chi connectivity index (χ1v) is 7.86. The maximum absolute atomic E-state index is 12.4. The van der Waals surface area contributed by atoms with Gasteiger partial charge in [-0.1, -0.05) is 6.92 Å². The Morgan fingerprint density at radius 2 is 1.91 bits per heavy atom. The zero-order chi connectivity index (χ0) is 17.2. The van der Waals surface area contributed by atoms with E-state index in [9.17, 15) is 9.59 Å². The molecule has 0 saturated carbocycles. The van der Waals surface area contributed by atoms with Crippen LogP contribution in [0.15, 0.2) is 18.2 Å². The zero-order valence-electron chi connectivity index (χ0n) is 14.0. The van der Waals surface area contributed by atoms with E-state index >= 15 is 0 Å². The van der Waals surface area contributed by atoms with Crippen LogP contribution in [-0.4, -0.2) is 48.7 Å². The highest BCUT2D eigenvalue weighted by atomic mass is 16.5. The number of ether oxygens (including phenoxy) is 2. The summed E-state index contributed by atoms with van der Waals surface area (Å²) < 4.78 is 11.2. The minimum atomic E-state index is -0.859. The molecule has 0 saturated heterocycles. The summed E-state index contributed by atoms with van der Waals surface area (Å²) in [5, 5.41) is 8.64. The van der Waals surface area contributed by atoms with Gasteiger partial charge in [0, 0.05) is 25.6 Å². The molecule has 0 aromatic heterocycles. The summed E-state index contributed by atoms with van der Waals surface area (Å²) in [7, 11) is 1.66. The molecule has 6 heteroatoms. The van der Waals surface area contributed by atoms with E-state index in [-0.39, 0.29) is 12.3 Å². The Bertz CT molecular complexity index is 530. The number of hydrogen-bond donors (Lipinski definition) is 1. The van der Waals surface area contributed by atoms with Gasteiger partial charge in [0.15, 0.2) is 11.5 Å². The topological polar surface area (TPSA) is 76.1 Å². The van der Waals surface area contributed by atoms with E-state index in [1.54, 1.807) is 25.2 Å². The Morgan fingerprint density at radius 3 is 2.52 bits per heavy atom. The third kappa shape index (κ3) is 6.18. The Hall–Kier alpha value is -2.24. The molecule has 128 valence electrons. The predicted molar refractivity (Wildman–Crippen MR) is 87.2 cm³/mol. The minimum absolute atomic E-state index is 0.0472. The summed E-state index contributed by atoms with van der Waals surface area (Å²) in [4.78, 5) is 24.4. The van der Waals surface area contributed by atoms with Crippen molar-refractivity contribution in [3.63, 3.8) is 0 Å². The lowest BCUT2D eigenvalue weighted by Crippen LogP contribution is -2.28. The van der Waals surface area contributed by atoms with Crippen molar-refractivity contribution in [3.8, 4) is 11.5 Å². The van der Waals surface area contributed by atoms with Crippen molar-refractivity contribution in [2.45, 2.75) is 33.1 Å². The van der Waals surface area contributed by atoms with Crippen molar-refractivity contribution in [1.29, 1.82) is 0 Å².